The molecule has 0 saturated carbocycles. The predicted molar refractivity (Wildman–Crippen MR) is 98.2 cm³/mol. The number of imide groups is 1. The van der Waals surface area contributed by atoms with Crippen molar-refractivity contribution >= 4 is 30.0 Å². The summed E-state index contributed by atoms with van der Waals surface area (Å²) in [5, 5.41) is 9.12. The number of anilines is 1. The van der Waals surface area contributed by atoms with Crippen LogP contribution in [0.3, 0.4) is 0 Å². The molecule has 0 aliphatic heterocycles. The zero-order valence-corrected chi connectivity index (χ0v) is 16.4. The van der Waals surface area contributed by atoms with Crippen molar-refractivity contribution in [2.45, 2.75) is 13.1 Å². The lowest BCUT2D eigenvalue weighted by Gasteiger charge is -2.24. The van der Waals surface area contributed by atoms with Crippen LogP contribution in [0.1, 0.15) is 18.1 Å². The first-order valence-corrected chi connectivity index (χ1v) is 8.12. The smallest absolute Gasteiger partial charge is 0.431 e. The van der Waals surface area contributed by atoms with Crippen molar-refractivity contribution in [3.63, 3.8) is 0 Å². The summed E-state index contributed by atoms with van der Waals surface area (Å²) in [6, 6.07) is 3.24. The number of carbonyl (C=O) groups is 3. The van der Waals surface area contributed by atoms with Gasteiger partial charge in [-0.25, -0.2) is 14.1 Å². The van der Waals surface area contributed by atoms with Gasteiger partial charge in [-0.1, -0.05) is 0 Å². The normalized spacial score (nSPS) is 12.1. The van der Waals surface area contributed by atoms with Crippen LogP contribution in [0.2, 0.25) is 0 Å². The maximum atomic E-state index is 14.5. The molecule has 0 unspecified atom stereocenters. The second-order valence-electron chi connectivity index (χ2n) is 6.01. The van der Waals surface area contributed by atoms with Crippen LogP contribution in [0.4, 0.5) is 23.2 Å². The molecule has 0 N–H and O–H groups in total. The lowest BCUT2D eigenvalue weighted by Crippen LogP contribution is -2.36. The molecule has 0 fully saturated rings. The highest BCUT2D eigenvalue weighted by Crippen LogP contribution is 2.32. The van der Waals surface area contributed by atoms with Gasteiger partial charge < -0.3 is 9.64 Å². The van der Waals surface area contributed by atoms with Crippen molar-refractivity contribution in [2.24, 2.45) is 0 Å². The van der Waals surface area contributed by atoms with Gasteiger partial charge in [-0.2, -0.15) is 18.4 Å². The molecule has 7 nitrogen and oxygen atoms in total. The fraction of sp³-hybridized carbons (Fsp3) is 0.263. The highest BCUT2D eigenvalue weighted by Gasteiger charge is 2.39. The number of rotatable bonds is 6. The molecule has 0 aromatic heterocycles. The predicted octanol–water partition coefficient (Wildman–Crippen LogP) is 2.77. The summed E-state index contributed by atoms with van der Waals surface area (Å²) in [5.74, 6) is -3.42. The molecule has 0 spiro atoms. The second-order valence-corrected chi connectivity index (χ2v) is 6.01. The van der Waals surface area contributed by atoms with E-state index in [2.05, 4.69) is 4.74 Å². The van der Waals surface area contributed by atoms with E-state index in [4.69, 9.17) is 5.26 Å². The minimum absolute atomic E-state index is 0.0655. The number of carbonyl (C=O) groups excluding carboxylic acids is 3. The third kappa shape index (κ3) is 5.44. The number of ether oxygens (including phenoxy) is 1. The number of amides is 2. The van der Waals surface area contributed by atoms with E-state index in [1.165, 1.54) is 0 Å². The van der Waals surface area contributed by atoms with Crippen LogP contribution in [-0.4, -0.2) is 50.6 Å². The Labute approximate surface area is 169 Å². The first-order chi connectivity index (χ1) is 13.9. The quantitative estimate of drug-likeness (QED) is 0.300. The van der Waals surface area contributed by atoms with Crippen molar-refractivity contribution in [2.75, 3.05) is 26.1 Å². The Bertz CT molecular complexity index is 960. The number of esters is 1. The standard InChI is InChI=1S/C19H17F4N3O4/c1-11(17(25(2)3)19(21,22)23)18(29)26(10-27)15-8-12(5-6-16(28)30-4)13(9-24)7-14(15)20/h5-8,10H,1-4H3/b6-5-,17-11-. The number of hydrogen-bond acceptors (Lipinski definition) is 6. The van der Waals surface area contributed by atoms with Gasteiger partial charge in [0.2, 0.25) is 6.41 Å². The second kappa shape index (κ2) is 9.69. The molecule has 0 aliphatic rings. The Morgan fingerprint density at radius 1 is 1.23 bits per heavy atom. The fourth-order valence-corrected chi connectivity index (χ4v) is 2.52. The summed E-state index contributed by atoms with van der Waals surface area (Å²) >= 11 is 0. The molecule has 0 radical (unpaired) electrons. The van der Waals surface area contributed by atoms with Crippen molar-refractivity contribution in [1.29, 1.82) is 5.26 Å². The number of alkyl halides is 3. The number of nitriles is 1. The molecule has 0 saturated heterocycles. The Morgan fingerprint density at radius 2 is 1.83 bits per heavy atom. The van der Waals surface area contributed by atoms with Crippen molar-refractivity contribution in [3.8, 4) is 6.07 Å². The van der Waals surface area contributed by atoms with Gasteiger partial charge in [0.05, 0.1) is 24.4 Å². The van der Waals surface area contributed by atoms with Crippen molar-refractivity contribution in [1.82, 2.24) is 4.90 Å². The van der Waals surface area contributed by atoms with E-state index >= 15 is 0 Å². The molecule has 1 aromatic carbocycles. The molecular formula is C19H17F4N3O4. The van der Waals surface area contributed by atoms with E-state index in [1.54, 1.807) is 6.07 Å². The van der Waals surface area contributed by atoms with Crippen LogP contribution in [0.25, 0.3) is 6.08 Å². The topological polar surface area (TPSA) is 90.7 Å². The number of benzene rings is 1. The summed E-state index contributed by atoms with van der Waals surface area (Å²) in [6.45, 7) is 0.848. The van der Waals surface area contributed by atoms with Crippen LogP contribution in [0, 0.1) is 17.1 Å². The van der Waals surface area contributed by atoms with Gasteiger partial charge in [-0.3, -0.25) is 9.59 Å². The molecule has 0 bridgehead atoms. The minimum atomic E-state index is -4.91. The van der Waals surface area contributed by atoms with Gasteiger partial charge in [0, 0.05) is 25.7 Å². The maximum Gasteiger partial charge on any atom is 0.431 e. The van der Waals surface area contributed by atoms with Gasteiger partial charge in [0.25, 0.3) is 5.91 Å². The number of halogens is 4. The minimum Gasteiger partial charge on any atom is -0.466 e. The fourth-order valence-electron chi connectivity index (χ4n) is 2.52. The molecule has 1 rings (SSSR count). The van der Waals surface area contributed by atoms with Crippen LogP contribution >= 0.6 is 0 Å². The number of hydrogen-bond donors (Lipinski definition) is 0. The Morgan fingerprint density at radius 3 is 2.27 bits per heavy atom. The Hall–Kier alpha value is -3.68. The summed E-state index contributed by atoms with van der Waals surface area (Å²) < 4.78 is 58.7. The molecular weight excluding hydrogens is 410 g/mol. The van der Waals surface area contributed by atoms with E-state index in [-0.39, 0.29) is 22.4 Å². The number of nitrogens with zero attached hydrogens (tertiary/aromatic N) is 3. The third-order valence-electron chi connectivity index (χ3n) is 3.82. The Kier molecular flexibility index (Phi) is 7.86. The van der Waals surface area contributed by atoms with Crippen LogP contribution in [-0.2, 0) is 19.1 Å². The third-order valence-corrected chi connectivity index (χ3v) is 3.82. The molecule has 2 amide bonds. The molecule has 160 valence electrons. The van der Waals surface area contributed by atoms with E-state index in [0.29, 0.717) is 11.0 Å². The van der Waals surface area contributed by atoms with Gasteiger partial charge >= 0.3 is 12.1 Å². The molecule has 11 heteroatoms. The summed E-state index contributed by atoms with van der Waals surface area (Å²) in [6.07, 6.45) is -3.07. The first-order valence-electron chi connectivity index (χ1n) is 8.12. The lowest BCUT2D eigenvalue weighted by atomic mass is 10.0. The number of allylic oxidation sites excluding steroid dienone is 1. The first kappa shape index (κ1) is 24.4. The summed E-state index contributed by atoms with van der Waals surface area (Å²) in [4.78, 5) is 36.1. The van der Waals surface area contributed by atoms with Gasteiger partial charge in [0.15, 0.2) is 0 Å². The van der Waals surface area contributed by atoms with Gasteiger partial charge in [0.1, 0.15) is 11.5 Å². The van der Waals surface area contributed by atoms with E-state index in [9.17, 15) is 31.9 Å². The van der Waals surface area contributed by atoms with Crippen LogP contribution < -0.4 is 4.90 Å². The van der Waals surface area contributed by atoms with E-state index in [1.807, 2.05) is 0 Å². The average Bonchev–Trinajstić information content (AvgIpc) is 2.66. The zero-order chi connectivity index (χ0) is 23.2. The average molecular weight is 427 g/mol. The van der Waals surface area contributed by atoms with Gasteiger partial charge in [-0.15, -0.1) is 0 Å². The number of methoxy groups -OCH3 is 1. The monoisotopic (exact) mass is 427 g/mol. The van der Waals surface area contributed by atoms with Gasteiger partial charge in [-0.05, 0) is 30.7 Å². The molecule has 0 aliphatic carbocycles. The highest BCUT2D eigenvalue weighted by molar-refractivity contribution is 6.15. The molecule has 30 heavy (non-hydrogen) atoms. The SMILES string of the molecule is COC(=O)/C=C\c1cc(N(C=O)C(=O)/C(C)=C(\N(C)C)C(F)(F)F)c(F)cc1C#N. The van der Waals surface area contributed by atoms with Crippen LogP contribution in [0.5, 0.6) is 0 Å². The maximum absolute atomic E-state index is 14.5. The van der Waals surface area contributed by atoms with Crippen LogP contribution in [0.15, 0.2) is 29.5 Å². The van der Waals surface area contributed by atoms with Crippen molar-refractivity contribution in [3.05, 3.63) is 46.4 Å². The van der Waals surface area contributed by atoms with Crippen molar-refractivity contribution < 1.29 is 36.7 Å². The molecule has 0 atom stereocenters. The Balaban J connectivity index is 3.62. The van der Waals surface area contributed by atoms with E-state index in [0.717, 1.165) is 46.3 Å². The largest absolute Gasteiger partial charge is 0.466 e. The summed E-state index contributed by atoms with van der Waals surface area (Å²) in [7, 11) is 3.21. The molecule has 1 aromatic rings. The zero-order valence-electron chi connectivity index (χ0n) is 16.4. The summed E-state index contributed by atoms with van der Waals surface area (Å²) in [5.41, 5.74) is -3.18. The molecule has 0 heterocycles. The highest BCUT2D eigenvalue weighted by atomic mass is 19.4. The lowest BCUT2D eigenvalue weighted by molar-refractivity contribution is -0.134. The van der Waals surface area contributed by atoms with E-state index < -0.39 is 40.8 Å².